The molecule has 2 aromatic heterocycles. The second kappa shape index (κ2) is 12.6. The van der Waals surface area contributed by atoms with Crippen molar-refractivity contribution in [1.82, 2.24) is 19.7 Å². The van der Waals surface area contributed by atoms with Gasteiger partial charge in [-0.1, -0.05) is 61.7 Å². The fourth-order valence-electron chi connectivity index (χ4n) is 3.03. The highest BCUT2D eigenvalue weighted by Crippen LogP contribution is 2.25. The van der Waals surface area contributed by atoms with Gasteiger partial charge in [-0.2, -0.15) is 0 Å². The number of carbonyl (C=O) groups excluding carboxylic acids is 1. The Bertz CT molecular complexity index is 1050. The number of benzene rings is 1. The van der Waals surface area contributed by atoms with Gasteiger partial charge in [0, 0.05) is 12.7 Å². The number of nitrogens with one attached hydrogen (secondary N) is 1. The quantitative estimate of drug-likeness (QED) is 0.257. The predicted octanol–water partition coefficient (Wildman–Crippen LogP) is 5.74. The maximum Gasteiger partial charge on any atom is 0.238 e. The van der Waals surface area contributed by atoms with Crippen LogP contribution in [0, 0.1) is 5.82 Å². The summed E-state index contributed by atoms with van der Waals surface area (Å²) >= 11 is 7.15. The largest absolute Gasteiger partial charge is 0.483 e. The minimum absolute atomic E-state index is 0.0809. The zero-order valence-electron chi connectivity index (χ0n) is 18.6. The fourth-order valence-corrected chi connectivity index (χ4v) is 4.03. The van der Waals surface area contributed by atoms with E-state index in [2.05, 4.69) is 27.4 Å². The molecular formula is C23H27ClFN5O2S. The number of anilines is 1. The molecule has 33 heavy (non-hydrogen) atoms. The molecule has 7 nitrogen and oxygen atoms in total. The average Bonchev–Trinajstić information content (AvgIpc) is 3.18. The Morgan fingerprint density at radius 3 is 2.76 bits per heavy atom. The number of nitrogens with zero attached hydrogens (tertiary/aromatic N) is 4. The SMILES string of the molecule is CCCCCCn1c(COc2ccccc2F)nnc1SC(C)C(=O)Nc1ccc(Cl)cn1. The molecule has 2 heterocycles. The van der Waals surface area contributed by atoms with Crippen LogP contribution in [-0.2, 0) is 17.9 Å². The lowest BCUT2D eigenvalue weighted by Gasteiger charge is -2.14. The van der Waals surface area contributed by atoms with Gasteiger partial charge < -0.3 is 14.6 Å². The van der Waals surface area contributed by atoms with Crippen LogP contribution in [0.5, 0.6) is 5.75 Å². The summed E-state index contributed by atoms with van der Waals surface area (Å²) in [5.74, 6) is 0.540. The van der Waals surface area contributed by atoms with Crippen LogP contribution < -0.4 is 10.1 Å². The number of unbranched alkanes of at least 4 members (excludes halogenated alkanes) is 3. The minimum atomic E-state index is -0.443. The molecule has 0 aliphatic heterocycles. The molecular weight excluding hydrogens is 465 g/mol. The summed E-state index contributed by atoms with van der Waals surface area (Å²) in [6.07, 6.45) is 5.76. The van der Waals surface area contributed by atoms with E-state index in [9.17, 15) is 9.18 Å². The number of rotatable bonds is 12. The van der Waals surface area contributed by atoms with Gasteiger partial charge in [-0.05, 0) is 37.6 Å². The normalized spacial score (nSPS) is 11.9. The molecule has 1 amide bonds. The summed E-state index contributed by atoms with van der Waals surface area (Å²) in [6, 6.07) is 9.55. The molecule has 0 radical (unpaired) electrons. The van der Waals surface area contributed by atoms with Crippen molar-refractivity contribution in [2.45, 2.75) is 63.1 Å². The van der Waals surface area contributed by atoms with E-state index in [1.54, 1.807) is 37.3 Å². The third-order valence-electron chi connectivity index (χ3n) is 4.85. The van der Waals surface area contributed by atoms with Crippen LogP contribution in [0.25, 0.3) is 0 Å². The van der Waals surface area contributed by atoms with Crippen LogP contribution >= 0.6 is 23.4 Å². The zero-order chi connectivity index (χ0) is 23.6. The van der Waals surface area contributed by atoms with E-state index in [4.69, 9.17) is 16.3 Å². The minimum Gasteiger partial charge on any atom is -0.483 e. The number of hydrogen-bond donors (Lipinski definition) is 1. The highest BCUT2D eigenvalue weighted by molar-refractivity contribution is 8.00. The Morgan fingerprint density at radius 1 is 1.21 bits per heavy atom. The third-order valence-corrected chi connectivity index (χ3v) is 6.16. The number of carbonyl (C=O) groups is 1. The predicted molar refractivity (Wildman–Crippen MR) is 128 cm³/mol. The summed E-state index contributed by atoms with van der Waals surface area (Å²) in [6.45, 7) is 4.72. The van der Waals surface area contributed by atoms with Crippen molar-refractivity contribution in [3.63, 3.8) is 0 Å². The first-order valence-corrected chi connectivity index (χ1v) is 12.1. The number of para-hydroxylation sites is 1. The molecule has 1 N–H and O–H groups in total. The summed E-state index contributed by atoms with van der Waals surface area (Å²) in [5, 5.41) is 12.0. The van der Waals surface area contributed by atoms with Crippen LogP contribution in [0.4, 0.5) is 10.2 Å². The lowest BCUT2D eigenvalue weighted by Crippen LogP contribution is -2.23. The Hall–Kier alpha value is -2.65. The fraction of sp³-hybridized carbons (Fsp3) is 0.391. The number of pyridine rings is 1. The van der Waals surface area contributed by atoms with Crippen LogP contribution in [0.1, 0.15) is 45.4 Å². The number of thioether (sulfide) groups is 1. The molecule has 3 rings (SSSR count). The van der Waals surface area contributed by atoms with Crippen LogP contribution in [0.15, 0.2) is 47.8 Å². The van der Waals surface area contributed by atoms with E-state index in [0.717, 1.165) is 25.7 Å². The second-order valence-electron chi connectivity index (χ2n) is 7.44. The molecule has 1 aromatic carbocycles. The molecule has 3 aromatic rings. The summed E-state index contributed by atoms with van der Waals surface area (Å²) in [7, 11) is 0. The van der Waals surface area contributed by atoms with Crippen molar-refractivity contribution in [3.8, 4) is 5.75 Å². The molecule has 0 spiro atoms. The summed E-state index contributed by atoms with van der Waals surface area (Å²) in [5.41, 5.74) is 0. The van der Waals surface area contributed by atoms with Crippen LogP contribution in [-0.4, -0.2) is 30.9 Å². The number of halogens is 2. The molecule has 0 saturated heterocycles. The maximum absolute atomic E-state index is 13.9. The highest BCUT2D eigenvalue weighted by atomic mass is 35.5. The Balaban J connectivity index is 1.68. The summed E-state index contributed by atoms with van der Waals surface area (Å²) < 4.78 is 21.5. The summed E-state index contributed by atoms with van der Waals surface area (Å²) in [4.78, 5) is 16.7. The molecule has 0 saturated carbocycles. The van der Waals surface area contributed by atoms with Crippen molar-refractivity contribution in [3.05, 3.63) is 59.3 Å². The lowest BCUT2D eigenvalue weighted by molar-refractivity contribution is -0.115. The molecule has 176 valence electrons. The van der Waals surface area contributed by atoms with Crippen molar-refractivity contribution < 1.29 is 13.9 Å². The first-order chi connectivity index (χ1) is 16.0. The van der Waals surface area contributed by atoms with Gasteiger partial charge >= 0.3 is 0 Å². The first-order valence-electron chi connectivity index (χ1n) is 10.9. The van der Waals surface area contributed by atoms with Gasteiger partial charge in [-0.25, -0.2) is 9.37 Å². The van der Waals surface area contributed by atoms with E-state index in [1.165, 1.54) is 24.0 Å². The van der Waals surface area contributed by atoms with Gasteiger partial charge in [0.2, 0.25) is 5.91 Å². The van der Waals surface area contributed by atoms with Gasteiger partial charge in [-0.3, -0.25) is 4.79 Å². The Kier molecular flexibility index (Phi) is 9.50. The average molecular weight is 492 g/mol. The molecule has 0 aliphatic rings. The number of aromatic nitrogens is 4. The van der Waals surface area contributed by atoms with Gasteiger partial charge in [0.15, 0.2) is 22.5 Å². The Labute approximate surface area is 202 Å². The van der Waals surface area contributed by atoms with Gasteiger partial charge in [0.25, 0.3) is 0 Å². The van der Waals surface area contributed by atoms with Crippen LogP contribution in [0.3, 0.4) is 0 Å². The van der Waals surface area contributed by atoms with Crippen molar-refractivity contribution in [1.29, 1.82) is 0 Å². The number of ether oxygens (including phenoxy) is 1. The number of hydrogen-bond acceptors (Lipinski definition) is 6. The Morgan fingerprint density at radius 2 is 2.03 bits per heavy atom. The number of amides is 1. The first kappa shape index (κ1) is 25.0. The topological polar surface area (TPSA) is 81.9 Å². The molecule has 0 fully saturated rings. The van der Waals surface area contributed by atoms with Gasteiger partial charge in [-0.15, -0.1) is 10.2 Å². The third kappa shape index (κ3) is 7.43. The van der Waals surface area contributed by atoms with E-state index >= 15 is 0 Å². The monoisotopic (exact) mass is 491 g/mol. The van der Waals surface area contributed by atoms with Crippen LogP contribution in [0.2, 0.25) is 5.02 Å². The van der Waals surface area contributed by atoms with E-state index in [1.807, 2.05) is 4.57 Å². The standard InChI is InChI=1S/C23H27ClFN5O2S/c1-3-4-5-8-13-30-21(15-32-19-10-7-6-9-18(19)25)28-29-23(30)33-16(2)22(31)27-20-12-11-17(24)14-26-20/h6-7,9-12,14,16H,3-5,8,13,15H2,1-2H3,(H,26,27,31). The van der Waals surface area contributed by atoms with Gasteiger partial charge in [0.1, 0.15) is 12.4 Å². The maximum atomic E-state index is 13.9. The van der Waals surface area contributed by atoms with E-state index in [0.29, 0.717) is 28.4 Å². The van der Waals surface area contributed by atoms with Gasteiger partial charge in [0.05, 0.1) is 10.3 Å². The second-order valence-corrected chi connectivity index (χ2v) is 9.19. The lowest BCUT2D eigenvalue weighted by atomic mass is 10.2. The zero-order valence-corrected chi connectivity index (χ0v) is 20.2. The van der Waals surface area contributed by atoms with Crippen molar-refractivity contribution in [2.24, 2.45) is 0 Å². The van der Waals surface area contributed by atoms with E-state index < -0.39 is 11.1 Å². The van der Waals surface area contributed by atoms with Crippen molar-refractivity contribution >= 4 is 35.1 Å². The molecule has 1 unspecified atom stereocenters. The molecule has 1 atom stereocenters. The smallest absolute Gasteiger partial charge is 0.238 e. The molecule has 0 aliphatic carbocycles. The molecule has 10 heteroatoms. The van der Waals surface area contributed by atoms with Crippen molar-refractivity contribution in [2.75, 3.05) is 5.32 Å². The highest BCUT2D eigenvalue weighted by Gasteiger charge is 2.21. The van der Waals surface area contributed by atoms with E-state index in [-0.39, 0.29) is 18.3 Å². The molecule has 0 bridgehead atoms.